The summed E-state index contributed by atoms with van der Waals surface area (Å²) in [5, 5.41) is 6.00. The van der Waals surface area contributed by atoms with Gasteiger partial charge in [0.2, 0.25) is 0 Å². The summed E-state index contributed by atoms with van der Waals surface area (Å²) < 4.78 is 0. The molecular weight excluding hydrogens is 254 g/mol. The smallest absolute Gasteiger partial charge is 0.271 e. The van der Waals surface area contributed by atoms with Gasteiger partial charge in [0.1, 0.15) is 11.5 Å². The third-order valence-electron chi connectivity index (χ3n) is 2.82. The molecule has 0 radical (unpaired) electrons. The predicted octanol–water partition coefficient (Wildman–Crippen LogP) is 1.37. The first-order valence-corrected chi connectivity index (χ1v) is 7.12. The predicted molar refractivity (Wildman–Crippen MR) is 80.9 cm³/mol. The molecule has 0 bridgehead atoms. The molecule has 0 unspecified atom stereocenters. The molecule has 1 amide bonds. The lowest BCUT2D eigenvalue weighted by Crippen LogP contribution is -2.31. The highest BCUT2D eigenvalue weighted by atomic mass is 16.1. The molecule has 6 nitrogen and oxygen atoms in total. The van der Waals surface area contributed by atoms with Gasteiger partial charge >= 0.3 is 0 Å². The van der Waals surface area contributed by atoms with Gasteiger partial charge in [-0.15, -0.1) is 0 Å². The zero-order valence-corrected chi connectivity index (χ0v) is 12.6. The van der Waals surface area contributed by atoms with Gasteiger partial charge in [0, 0.05) is 19.6 Å². The van der Waals surface area contributed by atoms with Crippen LogP contribution in [0, 0.1) is 0 Å². The van der Waals surface area contributed by atoms with E-state index in [-0.39, 0.29) is 5.91 Å². The number of aromatic nitrogens is 2. The first-order valence-electron chi connectivity index (χ1n) is 7.12. The number of carbonyl (C=O) groups excluding carboxylic acids is 1. The lowest BCUT2D eigenvalue weighted by molar-refractivity contribution is 0.0945. The molecule has 20 heavy (non-hydrogen) atoms. The maximum Gasteiger partial charge on any atom is 0.271 e. The molecule has 0 fully saturated rings. The van der Waals surface area contributed by atoms with Gasteiger partial charge < -0.3 is 15.5 Å². The Bertz CT molecular complexity index is 391. The van der Waals surface area contributed by atoms with Crippen LogP contribution >= 0.6 is 0 Å². The van der Waals surface area contributed by atoms with Crippen molar-refractivity contribution in [2.24, 2.45) is 0 Å². The fraction of sp³-hybridized carbons (Fsp3) is 0.643. The van der Waals surface area contributed by atoms with Gasteiger partial charge in [0.25, 0.3) is 5.91 Å². The molecule has 1 aromatic rings. The van der Waals surface area contributed by atoms with Crippen molar-refractivity contribution >= 4 is 11.7 Å². The van der Waals surface area contributed by atoms with E-state index < -0.39 is 0 Å². The second kappa shape index (κ2) is 9.25. The van der Waals surface area contributed by atoms with Crippen molar-refractivity contribution in [3.8, 4) is 0 Å². The Kier molecular flexibility index (Phi) is 7.57. The number of nitrogens with zero attached hydrogens (tertiary/aromatic N) is 3. The average molecular weight is 279 g/mol. The van der Waals surface area contributed by atoms with Gasteiger partial charge in [-0.1, -0.05) is 19.8 Å². The van der Waals surface area contributed by atoms with Crippen LogP contribution in [0.4, 0.5) is 5.82 Å². The SMILES string of the molecule is CCCCCNc1cnc(C(=O)NCCN(C)C)cn1. The summed E-state index contributed by atoms with van der Waals surface area (Å²) in [7, 11) is 3.93. The van der Waals surface area contributed by atoms with Crippen LogP contribution in [0.3, 0.4) is 0 Å². The van der Waals surface area contributed by atoms with E-state index in [0.29, 0.717) is 18.1 Å². The van der Waals surface area contributed by atoms with E-state index in [4.69, 9.17) is 0 Å². The molecule has 0 saturated heterocycles. The van der Waals surface area contributed by atoms with Crippen LogP contribution in [0.1, 0.15) is 36.7 Å². The molecule has 0 aliphatic rings. The van der Waals surface area contributed by atoms with Crippen LogP contribution in [-0.2, 0) is 0 Å². The van der Waals surface area contributed by atoms with Crippen molar-refractivity contribution in [3.05, 3.63) is 18.1 Å². The van der Waals surface area contributed by atoms with E-state index in [1.165, 1.54) is 19.0 Å². The summed E-state index contributed by atoms with van der Waals surface area (Å²) in [5.74, 6) is 0.530. The molecule has 2 N–H and O–H groups in total. The molecule has 0 aliphatic carbocycles. The highest BCUT2D eigenvalue weighted by Crippen LogP contribution is 2.02. The summed E-state index contributed by atoms with van der Waals surface area (Å²) in [6.07, 6.45) is 6.62. The number of hydrogen-bond donors (Lipinski definition) is 2. The minimum absolute atomic E-state index is 0.183. The summed E-state index contributed by atoms with van der Waals surface area (Å²) in [6, 6.07) is 0. The summed E-state index contributed by atoms with van der Waals surface area (Å²) in [4.78, 5) is 22.1. The second-order valence-electron chi connectivity index (χ2n) is 4.98. The zero-order chi connectivity index (χ0) is 14.8. The second-order valence-corrected chi connectivity index (χ2v) is 4.98. The Hall–Kier alpha value is -1.69. The number of unbranched alkanes of at least 4 members (excludes halogenated alkanes) is 2. The van der Waals surface area contributed by atoms with Crippen molar-refractivity contribution in [2.45, 2.75) is 26.2 Å². The first-order chi connectivity index (χ1) is 9.63. The topological polar surface area (TPSA) is 70.2 Å². The van der Waals surface area contributed by atoms with E-state index in [2.05, 4.69) is 27.5 Å². The molecular formula is C14H25N5O. The molecule has 1 aromatic heterocycles. The van der Waals surface area contributed by atoms with Crippen molar-refractivity contribution in [2.75, 3.05) is 39.0 Å². The van der Waals surface area contributed by atoms with Gasteiger partial charge in [-0.05, 0) is 20.5 Å². The van der Waals surface area contributed by atoms with Crippen molar-refractivity contribution in [1.82, 2.24) is 20.2 Å². The maximum atomic E-state index is 11.8. The van der Waals surface area contributed by atoms with E-state index >= 15 is 0 Å². The highest BCUT2D eigenvalue weighted by molar-refractivity contribution is 5.91. The average Bonchev–Trinajstić information content (AvgIpc) is 2.44. The van der Waals surface area contributed by atoms with Crippen molar-refractivity contribution in [3.63, 3.8) is 0 Å². The fourth-order valence-electron chi connectivity index (χ4n) is 1.61. The van der Waals surface area contributed by atoms with Crippen molar-refractivity contribution in [1.29, 1.82) is 0 Å². The van der Waals surface area contributed by atoms with Crippen LogP contribution < -0.4 is 10.6 Å². The molecule has 1 rings (SSSR count). The van der Waals surface area contributed by atoms with E-state index in [1.807, 2.05) is 19.0 Å². The third-order valence-corrected chi connectivity index (χ3v) is 2.82. The lowest BCUT2D eigenvalue weighted by Gasteiger charge is -2.10. The third kappa shape index (κ3) is 6.47. The van der Waals surface area contributed by atoms with Gasteiger partial charge in [-0.25, -0.2) is 9.97 Å². The van der Waals surface area contributed by atoms with E-state index in [0.717, 1.165) is 19.5 Å². The Labute approximate surface area is 121 Å². The van der Waals surface area contributed by atoms with Crippen molar-refractivity contribution < 1.29 is 4.79 Å². The Balaban J connectivity index is 2.35. The number of hydrogen-bond acceptors (Lipinski definition) is 5. The lowest BCUT2D eigenvalue weighted by atomic mass is 10.2. The van der Waals surface area contributed by atoms with Crippen LogP contribution in [0.5, 0.6) is 0 Å². The summed E-state index contributed by atoms with van der Waals surface area (Å²) in [6.45, 7) is 4.46. The number of anilines is 1. The Morgan fingerprint density at radius 3 is 2.60 bits per heavy atom. The molecule has 112 valence electrons. The molecule has 0 aromatic carbocycles. The summed E-state index contributed by atoms with van der Waals surface area (Å²) in [5.41, 5.74) is 0.350. The molecule has 0 atom stereocenters. The Morgan fingerprint density at radius 1 is 1.20 bits per heavy atom. The molecule has 0 aliphatic heterocycles. The Morgan fingerprint density at radius 2 is 2.00 bits per heavy atom. The van der Waals surface area contributed by atoms with Crippen LogP contribution in [0.15, 0.2) is 12.4 Å². The largest absolute Gasteiger partial charge is 0.369 e. The summed E-state index contributed by atoms with van der Waals surface area (Å²) >= 11 is 0. The number of amides is 1. The number of likely N-dealkylation sites (N-methyl/N-ethyl adjacent to an activating group) is 1. The van der Waals surface area contributed by atoms with Gasteiger partial charge in [-0.2, -0.15) is 0 Å². The number of nitrogens with one attached hydrogen (secondary N) is 2. The maximum absolute atomic E-state index is 11.8. The minimum atomic E-state index is -0.183. The molecule has 0 spiro atoms. The normalized spacial score (nSPS) is 10.6. The van der Waals surface area contributed by atoms with E-state index in [9.17, 15) is 4.79 Å². The van der Waals surface area contributed by atoms with Crippen LogP contribution in [0.25, 0.3) is 0 Å². The highest BCUT2D eigenvalue weighted by Gasteiger charge is 2.07. The van der Waals surface area contributed by atoms with Crippen LogP contribution in [-0.4, -0.2) is 54.5 Å². The minimum Gasteiger partial charge on any atom is -0.369 e. The van der Waals surface area contributed by atoms with Gasteiger partial charge in [-0.3, -0.25) is 4.79 Å². The van der Waals surface area contributed by atoms with Crippen LogP contribution in [0.2, 0.25) is 0 Å². The monoisotopic (exact) mass is 279 g/mol. The molecule has 1 heterocycles. The van der Waals surface area contributed by atoms with Gasteiger partial charge in [0.05, 0.1) is 12.4 Å². The fourth-order valence-corrected chi connectivity index (χ4v) is 1.61. The quantitative estimate of drug-likeness (QED) is 0.668. The molecule has 6 heteroatoms. The standard InChI is InChI=1S/C14H25N5O/c1-4-5-6-7-15-13-11-17-12(10-18-13)14(20)16-8-9-19(2)3/h10-11H,4-9H2,1-3H3,(H,15,18)(H,16,20). The van der Waals surface area contributed by atoms with Gasteiger partial charge in [0.15, 0.2) is 0 Å². The number of carbonyl (C=O) groups is 1. The first kappa shape index (κ1) is 16.4. The number of rotatable bonds is 9. The van der Waals surface area contributed by atoms with E-state index in [1.54, 1.807) is 6.20 Å². The molecule has 0 saturated carbocycles. The zero-order valence-electron chi connectivity index (χ0n) is 12.6.